The van der Waals surface area contributed by atoms with Crippen LogP contribution in [-0.2, 0) is 19.5 Å². The number of carbonyl (C=O) groups is 1. The van der Waals surface area contributed by atoms with Crippen molar-refractivity contribution in [1.82, 2.24) is 25.0 Å². The lowest BCUT2D eigenvalue weighted by Crippen LogP contribution is -2.34. The van der Waals surface area contributed by atoms with Gasteiger partial charge in [0, 0.05) is 23.0 Å². The average molecular weight is 329 g/mol. The summed E-state index contributed by atoms with van der Waals surface area (Å²) < 4.78 is 2.01. The number of aryl methyl sites for hydroxylation is 2. The molecule has 2 N–H and O–H groups in total. The van der Waals surface area contributed by atoms with Gasteiger partial charge in [-0.25, -0.2) is 14.8 Å². The van der Waals surface area contributed by atoms with Crippen molar-refractivity contribution in [3.63, 3.8) is 0 Å². The Morgan fingerprint density at radius 2 is 2.13 bits per heavy atom. The highest BCUT2D eigenvalue weighted by Crippen LogP contribution is 2.12. The lowest BCUT2D eigenvalue weighted by atomic mass is 10.4. The maximum atomic E-state index is 11.9. The number of thiazole rings is 1. The lowest BCUT2D eigenvalue weighted by Gasteiger charge is -2.04. The van der Waals surface area contributed by atoms with Crippen molar-refractivity contribution in [1.29, 1.82) is 0 Å². The first-order chi connectivity index (χ1) is 11.2. The zero-order chi connectivity index (χ0) is 16.2. The van der Waals surface area contributed by atoms with Crippen LogP contribution in [0.1, 0.15) is 28.2 Å². The third-order valence-electron chi connectivity index (χ3n) is 3.53. The molecule has 0 aliphatic heterocycles. The Kier molecular flexibility index (Phi) is 4.57. The molecule has 0 radical (unpaired) electrons. The highest BCUT2D eigenvalue weighted by Gasteiger charge is 2.06. The van der Waals surface area contributed by atoms with Crippen LogP contribution >= 0.6 is 11.3 Å². The fourth-order valence-corrected chi connectivity index (χ4v) is 3.07. The summed E-state index contributed by atoms with van der Waals surface area (Å²) in [5.74, 6) is 0. The predicted octanol–water partition coefficient (Wildman–Crippen LogP) is 2.66. The molecule has 6 nitrogen and oxygen atoms in total. The molecule has 23 heavy (non-hydrogen) atoms. The molecule has 0 fully saturated rings. The predicted molar refractivity (Wildman–Crippen MR) is 90.5 cm³/mol. The molecule has 0 saturated carbocycles. The van der Waals surface area contributed by atoms with Gasteiger partial charge in [0.1, 0.15) is 10.7 Å². The lowest BCUT2D eigenvalue weighted by molar-refractivity contribution is 0.240. The molecule has 0 saturated heterocycles. The van der Waals surface area contributed by atoms with Gasteiger partial charge in [0.25, 0.3) is 0 Å². The molecule has 2 amide bonds. The van der Waals surface area contributed by atoms with E-state index in [1.807, 2.05) is 41.9 Å². The minimum absolute atomic E-state index is 0.216. The van der Waals surface area contributed by atoms with E-state index in [-0.39, 0.29) is 6.03 Å². The fraction of sp³-hybridized carbons (Fsp3) is 0.312. The largest absolute Gasteiger partial charge is 0.332 e. The van der Waals surface area contributed by atoms with Crippen LogP contribution in [0.15, 0.2) is 30.6 Å². The summed E-state index contributed by atoms with van der Waals surface area (Å²) in [6, 6.07) is 5.73. The number of hydrogen-bond donors (Lipinski definition) is 2. The molecule has 120 valence electrons. The van der Waals surface area contributed by atoms with Gasteiger partial charge in [0.05, 0.1) is 18.8 Å². The molecule has 0 spiro atoms. The molecular formula is C16H19N5OS. The summed E-state index contributed by atoms with van der Waals surface area (Å²) in [5.41, 5.74) is 2.83. The number of hydrogen-bond acceptors (Lipinski definition) is 4. The number of rotatable bonds is 5. The summed E-state index contributed by atoms with van der Waals surface area (Å²) in [6.45, 7) is 4.96. The maximum Gasteiger partial charge on any atom is 0.315 e. The first kappa shape index (κ1) is 15.5. The number of fused-ring (bicyclic) bond motifs is 1. The Bertz CT molecular complexity index is 823. The van der Waals surface area contributed by atoms with Crippen molar-refractivity contribution in [2.24, 2.45) is 0 Å². The molecule has 0 bridgehead atoms. The second-order valence-corrected chi connectivity index (χ2v) is 6.44. The van der Waals surface area contributed by atoms with E-state index in [1.165, 1.54) is 4.88 Å². The number of imidazole rings is 1. The Balaban J connectivity index is 1.52. The highest BCUT2D eigenvalue weighted by molar-refractivity contribution is 7.11. The highest BCUT2D eigenvalue weighted by atomic mass is 32.1. The van der Waals surface area contributed by atoms with Crippen molar-refractivity contribution in [3.05, 3.63) is 51.9 Å². The Labute approximate surface area is 138 Å². The third-order valence-corrected chi connectivity index (χ3v) is 4.67. The van der Waals surface area contributed by atoms with Gasteiger partial charge in [-0.1, -0.05) is 13.0 Å². The normalized spacial score (nSPS) is 10.9. The van der Waals surface area contributed by atoms with E-state index in [2.05, 4.69) is 27.5 Å². The second-order valence-electron chi connectivity index (χ2n) is 5.24. The van der Waals surface area contributed by atoms with Crippen molar-refractivity contribution < 1.29 is 4.79 Å². The quantitative estimate of drug-likeness (QED) is 0.756. The van der Waals surface area contributed by atoms with Crippen molar-refractivity contribution in [2.75, 3.05) is 0 Å². The zero-order valence-electron chi connectivity index (χ0n) is 13.2. The summed E-state index contributed by atoms with van der Waals surface area (Å²) in [5, 5.41) is 6.55. The van der Waals surface area contributed by atoms with E-state index >= 15 is 0 Å². The number of nitrogens with one attached hydrogen (secondary N) is 2. The summed E-state index contributed by atoms with van der Waals surface area (Å²) in [4.78, 5) is 21.9. The van der Waals surface area contributed by atoms with Crippen LogP contribution in [0.4, 0.5) is 4.79 Å². The van der Waals surface area contributed by atoms with E-state index in [4.69, 9.17) is 0 Å². The Hall–Kier alpha value is -2.41. The van der Waals surface area contributed by atoms with Gasteiger partial charge in [0.15, 0.2) is 0 Å². The molecule has 0 aromatic carbocycles. The van der Waals surface area contributed by atoms with Gasteiger partial charge in [-0.05, 0) is 25.5 Å². The van der Waals surface area contributed by atoms with Gasteiger partial charge in [-0.15, -0.1) is 11.3 Å². The number of urea groups is 1. The van der Waals surface area contributed by atoms with Crippen LogP contribution in [0.25, 0.3) is 5.65 Å². The molecule has 0 aliphatic carbocycles. The third kappa shape index (κ3) is 3.68. The van der Waals surface area contributed by atoms with E-state index in [0.29, 0.717) is 13.1 Å². The minimum atomic E-state index is -0.216. The Morgan fingerprint density at radius 3 is 2.87 bits per heavy atom. The summed E-state index contributed by atoms with van der Waals surface area (Å²) in [7, 11) is 0. The zero-order valence-corrected chi connectivity index (χ0v) is 14.0. The molecule has 3 aromatic heterocycles. The number of amides is 2. The molecule has 0 atom stereocenters. The maximum absolute atomic E-state index is 11.9. The number of carbonyl (C=O) groups excluding carboxylic acids is 1. The smallest absolute Gasteiger partial charge is 0.315 e. The van der Waals surface area contributed by atoms with Gasteiger partial charge < -0.3 is 15.0 Å². The van der Waals surface area contributed by atoms with Gasteiger partial charge in [-0.3, -0.25) is 0 Å². The SMILES string of the molecule is CCc1cnc(CNC(=O)NCc2cn3c(C)cccc3n2)s1. The van der Waals surface area contributed by atoms with Crippen molar-refractivity contribution >= 4 is 23.0 Å². The first-order valence-corrected chi connectivity index (χ1v) is 8.36. The van der Waals surface area contributed by atoms with Crippen LogP contribution in [-0.4, -0.2) is 20.4 Å². The number of pyridine rings is 1. The summed E-state index contributed by atoms with van der Waals surface area (Å²) >= 11 is 1.62. The van der Waals surface area contributed by atoms with Gasteiger partial charge in [0.2, 0.25) is 0 Å². The van der Waals surface area contributed by atoms with Gasteiger partial charge in [-0.2, -0.15) is 0 Å². The minimum Gasteiger partial charge on any atom is -0.332 e. The summed E-state index contributed by atoms with van der Waals surface area (Å²) in [6.07, 6.45) is 4.77. The molecular weight excluding hydrogens is 310 g/mol. The topological polar surface area (TPSA) is 71.3 Å². The van der Waals surface area contributed by atoms with Crippen molar-refractivity contribution in [3.8, 4) is 0 Å². The van der Waals surface area contributed by atoms with Crippen LogP contribution in [0, 0.1) is 6.92 Å². The molecule has 3 aromatic rings. The number of aromatic nitrogens is 3. The van der Waals surface area contributed by atoms with E-state index in [0.717, 1.165) is 28.5 Å². The van der Waals surface area contributed by atoms with Crippen LogP contribution in [0.2, 0.25) is 0 Å². The van der Waals surface area contributed by atoms with E-state index < -0.39 is 0 Å². The van der Waals surface area contributed by atoms with Crippen molar-refractivity contribution in [2.45, 2.75) is 33.4 Å². The fourth-order valence-electron chi connectivity index (χ4n) is 2.27. The average Bonchev–Trinajstić information content (AvgIpc) is 3.18. The molecule has 7 heteroatoms. The first-order valence-electron chi connectivity index (χ1n) is 7.54. The van der Waals surface area contributed by atoms with E-state index in [9.17, 15) is 4.79 Å². The van der Waals surface area contributed by atoms with Gasteiger partial charge >= 0.3 is 6.03 Å². The van der Waals surface area contributed by atoms with E-state index in [1.54, 1.807) is 11.3 Å². The molecule has 0 unspecified atom stereocenters. The monoisotopic (exact) mass is 329 g/mol. The number of nitrogens with zero attached hydrogens (tertiary/aromatic N) is 3. The Morgan fingerprint density at radius 1 is 1.30 bits per heavy atom. The standard InChI is InChI=1S/C16H19N5OS/c1-3-13-8-17-15(23-13)9-19-16(22)18-7-12-10-21-11(2)5-4-6-14(21)20-12/h4-6,8,10H,3,7,9H2,1-2H3,(H2,18,19,22). The molecule has 3 rings (SSSR count). The second kappa shape index (κ2) is 6.78. The van der Waals surface area contributed by atoms with Crippen LogP contribution in [0.5, 0.6) is 0 Å². The van der Waals surface area contributed by atoms with Crippen LogP contribution < -0.4 is 10.6 Å². The molecule has 3 heterocycles. The molecule has 0 aliphatic rings. The van der Waals surface area contributed by atoms with Crippen LogP contribution in [0.3, 0.4) is 0 Å².